The van der Waals surface area contributed by atoms with Crippen LogP contribution in [0.3, 0.4) is 0 Å². The number of carbonyl (C=O) groups is 1. The van der Waals surface area contributed by atoms with E-state index in [1.54, 1.807) is 0 Å². The first-order chi connectivity index (χ1) is 12.8. The second-order valence-corrected chi connectivity index (χ2v) is 8.46. The predicted molar refractivity (Wildman–Crippen MR) is 96.0 cm³/mol. The standard InChI is InChI=1S/C17H16F3N3O4S/c1-16(2)15(24)23(14-7-4-10(9-21-14)17(18,19)20)12-6-5-11(8-13(12)27-16)22-28(3,25)26/h4-9,22H,1-3H3. The minimum absolute atomic E-state index is 0.0144. The van der Waals surface area contributed by atoms with Gasteiger partial charge >= 0.3 is 6.18 Å². The first-order valence-electron chi connectivity index (χ1n) is 7.97. The number of nitrogens with one attached hydrogen (secondary N) is 1. The van der Waals surface area contributed by atoms with Gasteiger partial charge in [-0.25, -0.2) is 13.4 Å². The quantitative estimate of drug-likeness (QED) is 0.831. The molecule has 0 saturated carbocycles. The molecule has 0 atom stereocenters. The number of carbonyl (C=O) groups excluding carboxylic acids is 1. The molecule has 1 aliphatic heterocycles. The number of amides is 1. The normalized spacial score (nSPS) is 16.4. The summed E-state index contributed by atoms with van der Waals surface area (Å²) < 4.78 is 69.2. The van der Waals surface area contributed by atoms with E-state index in [0.717, 1.165) is 23.3 Å². The van der Waals surface area contributed by atoms with Gasteiger partial charge in [0, 0.05) is 12.3 Å². The van der Waals surface area contributed by atoms with Crippen LogP contribution >= 0.6 is 0 Å². The Morgan fingerprint density at radius 1 is 1.18 bits per heavy atom. The Morgan fingerprint density at radius 2 is 1.86 bits per heavy atom. The van der Waals surface area contributed by atoms with Gasteiger partial charge in [0.05, 0.1) is 23.2 Å². The summed E-state index contributed by atoms with van der Waals surface area (Å²) in [5, 5.41) is 0. The molecule has 0 spiro atoms. The SMILES string of the molecule is CC1(C)Oc2cc(NS(C)(=O)=O)ccc2N(c2ccc(C(F)(F)F)cn2)C1=O. The molecule has 0 unspecified atom stereocenters. The van der Waals surface area contributed by atoms with Crippen LogP contribution in [-0.2, 0) is 21.0 Å². The summed E-state index contributed by atoms with van der Waals surface area (Å²) >= 11 is 0. The van der Waals surface area contributed by atoms with E-state index in [1.165, 1.54) is 32.0 Å². The molecule has 2 heterocycles. The second-order valence-electron chi connectivity index (χ2n) is 6.71. The van der Waals surface area contributed by atoms with Crippen molar-refractivity contribution in [1.82, 2.24) is 4.98 Å². The zero-order valence-corrected chi connectivity index (χ0v) is 15.9. The fraction of sp³-hybridized carbons (Fsp3) is 0.294. The van der Waals surface area contributed by atoms with Crippen molar-refractivity contribution < 1.29 is 31.1 Å². The lowest BCUT2D eigenvalue weighted by Gasteiger charge is -2.38. The first kappa shape index (κ1) is 19.9. The highest BCUT2D eigenvalue weighted by Crippen LogP contribution is 2.43. The van der Waals surface area contributed by atoms with Crippen LogP contribution in [0.4, 0.5) is 30.4 Å². The van der Waals surface area contributed by atoms with E-state index in [-0.39, 0.29) is 22.9 Å². The van der Waals surface area contributed by atoms with Gasteiger partial charge in [-0.05, 0) is 38.1 Å². The second kappa shape index (κ2) is 6.36. The average molecular weight is 415 g/mol. The maximum Gasteiger partial charge on any atom is 0.417 e. The number of fused-ring (bicyclic) bond motifs is 1. The highest BCUT2D eigenvalue weighted by molar-refractivity contribution is 7.92. The highest BCUT2D eigenvalue weighted by atomic mass is 32.2. The summed E-state index contributed by atoms with van der Waals surface area (Å²) in [6, 6.07) is 6.15. The Hall–Kier alpha value is -2.82. The van der Waals surface area contributed by atoms with Crippen LogP contribution in [0.1, 0.15) is 19.4 Å². The Balaban J connectivity index is 2.08. The van der Waals surface area contributed by atoms with E-state index in [2.05, 4.69) is 9.71 Å². The van der Waals surface area contributed by atoms with Crippen molar-refractivity contribution in [2.75, 3.05) is 15.9 Å². The van der Waals surface area contributed by atoms with E-state index in [4.69, 9.17) is 4.74 Å². The van der Waals surface area contributed by atoms with Gasteiger partial charge in [0.2, 0.25) is 10.0 Å². The molecule has 28 heavy (non-hydrogen) atoms. The summed E-state index contributed by atoms with van der Waals surface area (Å²) in [5.41, 5.74) is -1.84. The molecule has 1 amide bonds. The third-order valence-corrected chi connectivity index (χ3v) is 4.50. The molecule has 0 saturated heterocycles. The van der Waals surface area contributed by atoms with E-state index in [9.17, 15) is 26.4 Å². The molecule has 1 aromatic heterocycles. The molecule has 0 fully saturated rings. The van der Waals surface area contributed by atoms with Crippen molar-refractivity contribution >= 4 is 33.1 Å². The summed E-state index contributed by atoms with van der Waals surface area (Å²) in [4.78, 5) is 17.8. The van der Waals surface area contributed by atoms with Crippen molar-refractivity contribution in [3.05, 3.63) is 42.1 Å². The van der Waals surface area contributed by atoms with Gasteiger partial charge in [-0.2, -0.15) is 13.2 Å². The van der Waals surface area contributed by atoms with Crippen molar-refractivity contribution in [3.63, 3.8) is 0 Å². The molecule has 1 aliphatic rings. The van der Waals surface area contributed by atoms with Crippen LogP contribution in [0.25, 0.3) is 0 Å². The number of aromatic nitrogens is 1. The summed E-state index contributed by atoms with van der Waals surface area (Å²) in [5.74, 6) is -0.365. The molecule has 1 N–H and O–H groups in total. The van der Waals surface area contributed by atoms with E-state index >= 15 is 0 Å². The van der Waals surface area contributed by atoms with Crippen LogP contribution in [-0.4, -0.2) is 31.2 Å². The zero-order chi connectivity index (χ0) is 20.9. The third kappa shape index (κ3) is 3.88. The van der Waals surface area contributed by atoms with Gasteiger partial charge in [0.1, 0.15) is 11.6 Å². The molecular formula is C17H16F3N3O4S. The Kier molecular flexibility index (Phi) is 4.53. The van der Waals surface area contributed by atoms with Crippen molar-refractivity contribution in [2.24, 2.45) is 0 Å². The molecule has 11 heteroatoms. The van der Waals surface area contributed by atoms with E-state index in [0.29, 0.717) is 6.20 Å². The molecule has 7 nitrogen and oxygen atoms in total. The molecule has 3 rings (SSSR count). The smallest absolute Gasteiger partial charge is 0.417 e. The minimum Gasteiger partial charge on any atom is -0.476 e. The Labute approximate surface area is 159 Å². The molecular weight excluding hydrogens is 399 g/mol. The van der Waals surface area contributed by atoms with Gasteiger partial charge in [-0.3, -0.25) is 14.4 Å². The van der Waals surface area contributed by atoms with Gasteiger partial charge in [0.15, 0.2) is 5.60 Å². The van der Waals surface area contributed by atoms with E-state index in [1.807, 2.05) is 0 Å². The van der Waals surface area contributed by atoms with Crippen molar-refractivity contribution in [2.45, 2.75) is 25.6 Å². The lowest BCUT2D eigenvalue weighted by molar-refractivity contribution is -0.137. The topological polar surface area (TPSA) is 88.6 Å². The highest BCUT2D eigenvalue weighted by Gasteiger charge is 2.42. The largest absolute Gasteiger partial charge is 0.476 e. The maximum absolute atomic E-state index is 12.8. The van der Waals surface area contributed by atoms with E-state index < -0.39 is 33.3 Å². The van der Waals surface area contributed by atoms with Crippen molar-refractivity contribution in [1.29, 1.82) is 0 Å². The number of alkyl halides is 3. The minimum atomic E-state index is -4.55. The predicted octanol–water partition coefficient (Wildman–Crippen LogP) is 3.31. The molecule has 1 aromatic carbocycles. The Morgan fingerprint density at radius 3 is 2.39 bits per heavy atom. The number of nitrogens with zero attached hydrogens (tertiary/aromatic N) is 2. The fourth-order valence-electron chi connectivity index (χ4n) is 2.67. The average Bonchev–Trinajstić information content (AvgIpc) is 2.54. The van der Waals surface area contributed by atoms with Crippen LogP contribution in [0.2, 0.25) is 0 Å². The summed E-state index contributed by atoms with van der Waals surface area (Å²) in [7, 11) is -3.53. The molecule has 0 aliphatic carbocycles. The number of pyridine rings is 1. The Bertz CT molecular complexity index is 1030. The van der Waals surface area contributed by atoms with Gasteiger partial charge in [0.25, 0.3) is 5.91 Å². The zero-order valence-electron chi connectivity index (χ0n) is 15.0. The number of halogens is 3. The monoisotopic (exact) mass is 415 g/mol. The van der Waals surface area contributed by atoms with Gasteiger partial charge in [-0.15, -0.1) is 0 Å². The number of hydrogen-bond acceptors (Lipinski definition) is 5. The van der Waals surface area contributed by atoms with Gasteiger partial charge < -0.3 is 4.74 Å². The molecule has 0 radical (unpaired) electrons. The number of ether oxygens (including phenoxy) is 1. The van der Waals surface area contributed by atoms with Crippen LogP contribution in [0.15, 0.2) is 36.5 Å². The molecule has 2 aromatic rings. The van der Waals surface area contributed by atoms with Crippen LogP contribution in [0, 0.1) is 0 Å². The summed E-state index contributed by atoms with van der Waals surface area (Å²) in [6.45, 7) is 2.98. The first-order valence-corrected chi connectivity index (χ1v) is 9.86. The molecule has 150 valence electrons. The van der Waals surface area contributed by atoms with Crippen LogP contribution in [0.5, 0.6) is 5.75 Å². The van der Waals surface area contributed by atoms with Crippen LogP contribution < -0.4 is 14.4 Å². The van der Waals surface area contributed by atoms with Gasteiger partial charge in [-0.1, -0.05) is 0 Å². The maximum atomic E-state index is 12.8. The number of rotatable bonds is 3. The van der Waals surface area contributed by atoms with Crippen molar-refractivity contribution in [3.8, 4) is 5.75 Å². The number of anilines is 3. The number of sulfonamides is 1. The number of hydrogen-bond donors (Lipinski definition) is 1. The fourth-order valence-corrected chi connectivity index (χ4v) is 3.22. The summed E-state index contributed by atoms with van der Waals surface area (Å²) in [6.07, 6.45) is -2.92. The lowest BCUT2D eigenvalue weighted by atomic mass is 10.0. The molecule has 0 bridgehead atoms. The lowest BCUT2D eigenvalue weighted by Crippen LogP contribution is -2.50. The third-order valence-electron chi connectivity index (χ3n) is 3.89. The number of benzene rings is 1.